The standard InChI is InChI=1S/C23H18N2O5S/c1-2-12-30-17-9-5-15(6-10-17)20(27)18-19(14-3-7-16(26)8-4-14)25(22(29)21(18)28)23-24-11-13-31-23/h2-11,13,19,26-27H,1,12H2. The Bertz CT molecular complexity index is 1150. The van der Waals surface area contributed by atoms with Gasteiger partial charge in [-0.15, -0.1) is 11.3 Å². The van der Waals surface area contributed by atoms with Crippen LogP contribution in [0.25, 0.3) is 5.76 Å². The molecule has 0 saturated carbocycles. The summed E-state index contributed by atoms with van der Waals surface area (Å²) in [6, 6.07) is 11.8. The zero-order valence-electron chi connectivity index (χ0n) is 16.3. The van der Waals surface area contributed by atoms with Crippen molar-refractivity contribution in [3.63, 3.8) is 0 Å². The second kappa shape index (κ2) is 8.45. The largest absolute Gasteiger partial charge is 0.508 e. The number of phenolic OH excluding ortho intramolecular Hbond substituents is 1. The summed E-state index contributed by atoms with van der Waals surface area (Å²) in [5, 5.41) is 22.7. The quantitative estimate of drug-likeness (QED) is 0.263. The van der Waals surface area contributed by atoms with Gasteiger partial charge in [-0.05, 0) is 42.0 Å². The molecular formula is C23H18N2O5S. The lowest BCUT2D eigenvalue weighted by molar-refractivity contribution is -0.132. The normalized spacial score (nSPS) is 17.7. The molecule has 2 heterocycles. The number of hydrogen-bond acceptors (Lipinski definition) is 7. The average Bonchev–Trinajstić information content (AvgIpc) is 3.40. The highest BCUT2D eigenvalue weighted by Crippen LogP contribution is 2.43. The number of aliphatic hydroxyl groups is 1. The third-order valence-corrected chi connectivity index (χ3v) is 5.54. The minimum absolute atomic E-state index is 0.0464. The highest BCUT2D eigenvalue weighted by Gasteiger charge is 2.47. The van der Waals surface area contributed by atoms with Gasteiger partial charge in [0.1, 0.15) is 23.9 Å². The number of anilines is 1. The number of ether oxygens (including phenoxy) is 1. The van der Waals surface area contributed by atoms with Gasteiger partial charge < -0.3 is 14.9 Å². The highest BCUT2D eigenvalue weighted by atomic mass is 32.1. The second-order valence-electron chi connectivity index (χ2n) is 6.70. The maximum absolute atomic E-state index is 13.0. The zero-order valence-corrected chi connectivity index (χ0v) is 17.1. The van der Waals surface area contributed by atoms with Crippen molar-refractivity contribution in [2.24, 2.45) is 0 Å². The third-order valence-electron chi connectivity index (χ3n) is 4.77. The van der Waals surface area contributed by atoms with Gasteiger partial charge in [-0.3, -0.25) is 14.5 Å². The Kier molecular flexibility index (Phi) is 5.55. The number of aromatic nitrogens is 1. The molecule has 1 amide bonds. The number of nitrogens with zero attached hydrogens (tertiary/aromatic N) is 2. The van der Waals surface area contributed by atoms with Crippen LogP contribution in [0.2, 0.25) is 0 Å². The van der Waals surface area contributed by atoms with Gasteiger partial charge in [0.25, 0.3) is 5.78 Å². The van der Waals surface area contributed by atoms with Crippen molar-refractivity contribution < 1.29 is 24.5 Å². The summed E-state index contributed by atoms with van der Waals surface area (Å²) in [7, 11) is 0. The summed E-state index contributed by atoms with van der Waals surface area (Å²) >= 11 is 1.21. The van der Waals surface area contributed by atoms with Crippen LogP contribution in [0.1, 0.15) is 17.2 Å². The summed E-state index contributed by atoms with van der Waals surface area (Å²) in [6.45, 7) is 3.93. The number of aromatic hydroxyl groups is 1. The van der Waals surface area contributed by atoms with Gasteiger partial charge in [0.15, 0.2) is 5.13 Å². The molecule has 2 aromatic carbocycles. The molecule has 156 valence electrons. The molecule has 1 aliphatic rings. The van der Waals surface area contributed by atoms with Crippen molar-refractivity contribution >= 4 is 33.9 Å². The van der Waals surface area contributed by atoms with E-state index in [-0.39, 0.29) is 17.1 Å². The number of benzene rings is 2. The van der Waals surface area contributed by atoms with E-state index >= 15 is 0 Å². The molecule has 31 heavy (non-hydrogen) atoms. The highest BCUT2D eigenvalue weighted by molar-refractivity contribution is 7.14. The van der Waals surface area contributed by atoms with E-state index in [0.29, 0.717) is 28.6 Å². The first-order valence-corrected chi connectivity index (χ1v) is 10.2. The van der Waals surface area contributed by atoms with Crippen LogP contribution in [0.4, 0.5) is 5.13 Å². The maximum atomic E-state index is 13.0. The number of hydrogen-bond donors (Lipinski definition) is 2. The van der Waals surface area contributed by atoms with Crippen LogP contribution in [-0.2, 0) is 9.59 Å². The van der Waals surface area contributed by atoms with Crippen LogP contribution >= 0.6 is 11.3 Å². The lowest BCUT2D eigenvalue weighted by Gasteiger charge is -2.23. The summed E-state index contributed by atoms with van der Waals surface area (Å²) < 4.78 is 5.45. The van der Waals surface area contributed by atoms with E-state index < -0.39 is 17.7 Å². The van der Waals surface area contributed by atoms with Gasteiger partial charge in [0, 0.05) is 17.1 Å². The second-order valence-corrected chi connectivity index (χ2v) is 7.57. The van der Waals surface area contributed by atoms with Crippen LogP contribution in [0.5, 0.6) is 11.5 Å². The van der Waals surface area contributed by atoms with E-state index in [9.17, 15) is 19.8 Å². The molecule has 8 heteroatoms. The van der Waals surface area contributed by atoms with Crippen molar-refractivity contribution in [3.8, 4) is 11.5 Å². The molecule has 4 rings (SSSR count). The fraction of sp³-hybridized carbons (Fsp3) is 0.0870. The molecule has 1 aromatic heterocycles. The number of thiazole rings is 1. The van der Waals surface area contributed by atoms with Crippen molar-refractivity contribution in [1.82, 2.24) is 4.98 Å². The van der Waals surface area contributed by atoms with Crippen LogP contribution in [0, 0.1) is 0 Å². The van der Waals surface area contributed by atoms with Gasteiger partial charge in [-0.2, -0.15) is 0 Å². The number of rotatable bonds is 6. The van der Waals surface area contributed by atoms with Crippen LogP contribution in [-0.4, -0.2) is 33.5 Å². The number of Topliss-reactive ketones (excluding diaryl/α,β-unsaturated/α-hetero) is 1. The first-order valence-electron chi connectivity index (χ1n) is 9.35. The Morgan fingerprint density at radius 3 is 2.48 bits per heavy atom. The van der Waals surface area contributed by atoms with E-state index in [0.717, 1.165) is 0 Å². The minimum Gasteiger partial charge on any atom is -0.508 e. The van der Waals surface area contributed by atoms with E-state index in [1.54, 1.807) is 47.9 Å². The molecule has 3 aromatic rings. The maximum Gasteiger partial charge on any atom is 0.301 e. The Balaban J connectivity index is 1.83. The van der Waals surface area contributed by atoms with E-state index in [1.165, 1.54) is 34.6 Å². The minimum atomic E-state index is -0.886. The molecule has 1 fully saturated rings. The lowest BCUT2D eigenvalue weighted by atomic mass is 9.95. The van der Waals surface area contributed by atoms with E-state index in [4.69, 9.17) is 4.74 Å². The number of amides is 1. The molecule has 0 radical (unpaired) electrons. The Labute approximate surface area is 182 Å². The van der Waals surface area contributed by atoms with Crippen molar-refractivity contribution in [2.75, 3.05) is 11.5 Å². The molecule has 1 atom stereocenters. The van der Waals surface area contributed by atoms with Gasteiger partial charge in [0.05, 0.1) is 11.6 Å². The predicted octanol–water partition coefficient (Wildman–Crippen LogP) is 4.04. The van der Waals surface area contributed by atoms with Crippen molar-refractivity contribution in [2.45, 2.75) is 6.04 Å². The zero-order chi connectivity index (χ0) is 22.0. The first-order chi connectivity index (χ1) is 15.0. The van der Waals surface area contributed by atoms with Gasteiger partial charge >= 0.3 is 5.91 Å². The SMILES string of the molecule is C=CCOc1ccc(C(O)=C2C(=O)C(=O)N(c3nccs3)C2c2ccc(O)cc2)cc1. The number of carbonyl (C=O) groups excluding carboxylic acids is 2. The molecule has 0 spiro atoms. The molecule has 1 unspecified atom stereocenters. The average molecular weight is 434 g/mol. The van der Waals surface area contributed by atoms with E-state index in [1.807, 2.05) is 0 Å². The smallest absolute Gasteiger partial charge is 0.301 e. The fourth-order valence-corrected chi connectivity index (χ4v) is 4.02. The fourth-order valence-electron chi connectivity index (χ4n) is 3.36. The molecule has 0 bridgehead atoms. The molecule has 2 N–H and O–H groups in total. The monoisotopic (exact) mass is 434 g/mol. The first kappa shape index (κ1) is 20.4. The molecule has 1 aliphatic heterocycles. The van der Waals surface area contributed by atoms with Gasteiger partial charge in [-0.1, -0.05) is 24.8 Å². The van der Waals surface area contributed by atoms with Crippen LogP contribution in [0.3, 0.4) is 0 Å². The number of carbonyl (C=O) groups is 2. The third kappa shape index (κ3) is 3.80. The van der Waals surface area contributed by atoms with Crippen LogP contribution < -0.4 is 9.64 Å². The lowest BCUT2D eigenvalue weighted by Crippen LogP contribution is -2.29. The molecule has 0 aliphatic carbocycles. The summed E-state index contributed by atoms with van der Waals surface area (Å²) in [5.41, 5.74) is 0.872. The molecular weight excluding hydrogens is 416 g/mol. The molecule has 7 nitrogen and oxygen atoms in total. The van der Waals surface area contributed by atoms with Crippen molar-refractivity contribution in [1.29, 1.82) is 0 Å². The summed E-state index contributed by atoms with van der Waals surface area (Å²) in [5.74, 6) is -1.26. The number of phenols is 1. The predicted molar refractivity (Wildman–Crippen MR) is 117 cm³/mol. The summed E-state index contributed by atoms with van der Waals surface area (Å²) in [4.78, 5) is 31.3. The van der Waals surface area contributed by atoms with Crippen molar-refractivity contribution in [3.05, 3.63) is 89.5 Å². The Morgan fingerprint density at radius 2 is 1.87 bits per heavy atom. The van der Waals surface area contributed by atoms with E-state index in [2.05, 4.69) is 11.6 Å². The number of ketones is 1. The Hall–Kier alpha value is -3.91. The van der Waals surface area contributed by atoms with Gasteiger partial charge in [0.2, 0.25) is 0 Å². The summed E-state index contributed by atoms with van der Waals surface area (Å²) in [6.07, 6.45) is 3.15. The molecule has 1 saturated heterocycles. The Morgan fingerprint density at radius 1 is 1.16 bits per heavy atom. The van der Waals surface area contributed by atoms with Gasteiger partial charge in [-0.25, -0.2) is 4.98 Å². The number of aliphatic hydroxyl groups excluding tert-OH is 1. The van der Waals surface area contributed by atoms with Crippen LogP contribution in [0.15, 0.2) is 78.3 Å². The topological polar surface area (TPSA) is 100.0 Å².